The monoisotopic (exact) mass is 290 g/mol. The first-order chi connectivity index (χ1) is 10.2. The van der Waals surface area contributed by atoms with E-state index in [0.29, 0.717) is 30.8 Å². The highest BCUT2D eigenvalue weighted by molar-refractivity contribution is 5.97. The molecule has 1 saturated heterocycles. The minimum absolute atomic E-state index is 0.00674. The van der Waals surface area contributed by atoms with Crippen LogP contribution in [0.2, 0.25) is 0 Å². The molecule has 1 aromatic rings. The molecule has 0 aromatic heterocycles. The van der Waals surface area contributed by atoms with E-state index < -0.39 is 0 Å². The number of amides is 2. The Labute approximate surface area is 125 Å². The number of likely N-dealkylation sites (tertiary alicyclic amines) is 1. The Morgan fingerprint density at radius 2 is 1.95 bits per heavy atom. The highest BCUT2D eigenvalue weighted by Gasteiger charge is 2.25. The Hall–Kier alpha value is -2.04. The van der Waals surface area contributed by atoms with Gasteiger partial charge in [-0.3, -0.25) is 9.59 Å². The molecule has 1 aromatic carbocycles. The van der Waals surface area contributed by atoms with Crippen molar-refractivity contribution in [1.29, 1.82) is 0 Å². The molecule has 1 aliphatic heterocycles. The molecule has 1 N–H and O–H groups in total. The van der Waals surface area contributed by atoms with Gasteiger partial charge in [-0.05, 0) is 25.0 Å². The normalized spacial score (nSPS) is 15.6. The molecule has 5 heteroatoms. The van der Waals surface area contributed by atoms with Gasteiger partial charge in [-0.1, -0.05) is 19.1 Å². The molecule has 0 aliphatic carbocycles. The van der Waals surface area contributed by atoms with Crippen LogP contribution in [0.15, 0.2) is 24.3 Å². The molecule has 2 rings (SSSR count). The van der Waals surface area contributed by atoms with E-state index in [1.807, 2.05) is 24.0 Å². The molecular formula is C16H22N2O3. The van der Waals surface area contributed by atoms with E-state index in [0.717, 1.165) is 12.8 Å². The zero-order valence-electron chi connectivity index (χ0n) is 12.6. The first-order valence-corrected chi connectivity index (χ1v) is 7.37. The number of rotatable bonds is 4. The van der Waals surface area contributed by atoms with E-state index in [4.69, 9.17) is 4.74 Å². The molecule has 0 radical (unpaired) electrons. The number of benzene rings is 1. The van der Waals surface area contributed by atoms with Crippen LogP contribution in [-0.4, -0.2) is 43.0 Å². The fourth-order valence-electron chi connectivity index (χ4n) is 2.55. The minimum Gasteiger partial charge on any atom is -0.496 e. The summed E-state index contributed by atoms with van der Waals surface area (Å²) >= 11 is 0. The van der Waals surface area contributed by atoms with Crippen LogP contribution in [-0.2, 0) is 4.79 Å². The average Bonchev–Trinajstić information content (AvgIpc) is 2.54. The van der Waals surface area contributed by atoms with Crippen LogP contribution in [0.3, 0.4) is 0 Å². The molecule has 2 amide bonds. The molecule has 0 spiro atoms. The van der Waals surface area contributed by atoms with Gasteiger partial charge < -0.3 is 15.0 Å². The fraction of sp³-hybridized carbons (Fsp3) is 0.500. The van der Waals surface area contributed by atoms with Crippen molar-refractivity contribution in [1.82, 2.24) is 10.2 Å². The molecule has 0 bridgehead atoms. The molecule has 0 atom stereocenters. The number of carbonyl (C=O) groups excluding carboxylic acids is 2. The number of methoxy groups -OCH3 is 1. The van der Waals surface area contributed by atoms with Gasteiger partial charge in [0.25, 0.3) is 5.91 Å². The molecule has 1 fully saturated rings. The predicted octanol–water partition coefficient (Wildman–Crippen LogP) is 1.83. The third-order valence-corrected chi connectivity index (χ3v) is 3.81. The van der Waals surface area contributed by atoms with Crippen LogP contribution < -0.4 is 10.1 Å². The zero-order valence-corrected chi connectivity index (χ0v) is 12.6. The topological polar surface area (TPSA) is 58.6 Å². The number of ether oxygens (including phenoxy) is 1. The Morgan fingerprint density at radius 3 is 2.57 bits per heavy atom. The van der Waals surface area contributed by atoms with Gasteiger partial charge in [0, 0.05) is 25.6 Å². The number of para-hydroxylation sites is 1. The van der Waals surface area contributed by atoms with Crippen LogP contribution in [0.4, 0.5) is 0 Å². The molecule has 114 valence electrons. The van der Waals surface area contributed by atoms with Gasteiger partial charge in [0.2, 0.25) is 5.91 Å². The zero-order chi connectivity index (χ0) is 15.2. The second kappa shape index (κ2) is 7.11. The Balaban J connectivity index is 1.95. The lowest BCUT2D eigenvalue weighted by Crippen LogP contribution is -2.46. The van der Waals surface area contributed by atoms with Gasteiger partial charge in [-0.15, -0.1) is 0 Å². The van der Waals surface area contributed by atoms with Crippen LogP contribution in [0, 0.1) is 0 Å². The van der Waals surface area contributed by atoms with E-state index in [9.17, 15) is 9.59 Å². The number of nitrogens with zero attached hydrogens (tertiary/aromatic N) is 1. The van der Waals surface area contributed by atoms with E-state index >= 15 is 0 Å². The molecule has 1 heterocycles. The quantitative estimate of drug-likeness (QED) is 0.920. The van der Waals surface area contributed by atoms with E-state index in [1.54, 1.807) is 19.2 Å². The summed E-state index contributed by atoms with van der Waals surface area (Å²) in [5.74, 6) is 0.668. The smallest absolute Gasteiger partial charge is 0.257 e. The van der Waals surface area contributed by atoms with Crippen molar-refractivity contribution < 1.29 is 14.3 Å². The van der Waals surface area contributed by atoms with E-state index in [1.165, 1.54) is 0 Å². The van der Waals surface area contributed by atoms with E-state index in [-0.39, 0.29) is 17.9 Å². The summed E-state index contributed by atoms with van der Waals surface area (Å²) in [5, 5.41) is 2.99. The number of piperidine rings is 1. The van der Waals surface area contributed by atoms with Gasteiger partial charge in [0.05, 0.1) is 12.7 Å². The largest absolute Gasteiger partial charge is 0.496 e. The summed E-state index contributed by atoms with van der Waals surface area (Å²) in [6.45, 7) is 3.16. The van der Waals surface area contributed by atoms with Crippen molar-refractivity contribution in [2.24, 2.45) is 0 Å². The first kappa shape index (κ1) is 15.4. The lowest BCUT2D eigenvalue weighted by atomic mass is 10.0. The first-order valence-electron chi connectivity index (χ1n) is 7.37. The predicted molar refractivity (Wildman–Crippen MR) is 80.4 cm³/mol. The third kappa shape index (κ3) is 3.74. The average molecular weight is 290 g/mol. The third-order valence-electron chi connectivity index (χ3n) is 3.81. The molecule has 0 saturated carbocycles. The minimum atomic E-state index is -0.00674. The van der Waals surface area contributed by atoms with Crippen molar-refractivity contribution >= 4 is 11.8 Å². The number of carbonyl (C=O) groups is 2. The maximum absolute atomic E-state index is 12.5. The summed E-state index contributed by atoms with van der Waals surface area (Å²) in [7, 11) is 1.57. The summed E-state index contributed by atoms with van der Waals surface area (Å²) in [6, 6.07) is 7.44. The second-order valence-corrected chi connectivity index (χ2v) is 5.19. The maximum Gasteiger partial charge on any atom is 0.257 e. The van der Waals surface area contributed by atoms with Gasteiger partial charge in [-0.25, -0.2) is 0 Å². The highest BCUT2D eigenvalue weighted by atomic mass is 16.5. The molecule has 1 aliphatic rings. The van der Waals surface area contributed by atoms with Gasteiger partial charge >= 0.3 is 0 Å². The molecular weight excluding hydrogens is 268 g/mol. The summed E-state index contributed by atoms with van der Waals surface area (Å²) in [5.41, 5.74) is 0.594. The Kier molecular flexibility index (Phi) is 5.20. The number of hydrogen-bond donors (Lipinski definition) is 1. The Morgan fingerprint density at radius 1 is 1.29 bits per heavy atom. The van der Waals surface area contributed by atoms with Crippen molar-refractivity contribution in [3.05, 3.63) is 29.8 Å². The Bertz CT molecular complexity index is 508. The summed E-state index contributed by atoms with van der Waals surface area (Å²) in [4.78, 5) is 25.7. The lowest BCUT2D eigenvalue weighted by molar-refractivity contribution is -0.121. The van der Waals surface area contributed by atoms with Crippen LogP contribution in [0.1, 0.15) is 36.5 Å². The maximum atomic E-state index is 12.5. The summed E-state index contributed by atoms with van der Waals surface area (Å²) in [6.07, 6.45) is 2.10. The fourth-order valence-corrected chi connectivity index (χ4v) is 2.55. The molecule has 5 nitrogen and oxygen atoms in total. The molecule has 21 heavy (non-hydrogen) atoms. The van der Waals surface area contributed by atoms with Gasteiger partial charge in [-0.2, -0.15) is 0 Å². The van der Waals surface area contributed by atoms with Crippen molar-refractivity contribution in [2.75, 3.05) is 20.2 Å². The van der Waals surface area contributed by atoms with Crippen LogP contribution in [0.5, 0.6) is 5.75 Å². The number of nitrogens with one attached hydrogen (secondary N) is 1. The van der Waals surface area contributed by atoms with Crippen molar-refractivity contribution in [3.63, 3.8) is 0 Å². The van der Waals surface area contributed by atoms with Gasteiger partial charge in [0.1, 0.15) is 5.75 Å². The van der Waals surface area contributed by atoms with E-state index in [2.05, 4.69) is 5.32 Å². The standard InChI is InChI=1S/C16H22N2O3/c1-3-15(19)17-12-8-10-18(11-9-12)16(20)13-6-4-5-7-14(13)21-2/h4-7,12H,3,8-11H2,1-2H3,(H,17,19). The van der Waals surface area contributed by atoms with Crippen LogP contribution in [0.25, 0.3) is 0 Å². The number of hydrogen-bond acceptors (Lipinski definition) is 3. The molecule has 0 unspecified atom stereocenters. The van der Waals surface area contributed by atoms with Crippen molar-refractivity contribution in [3.8, 4) is 5.75 Å². The summed E-state index contributed by atoms with van der Waals surface area (Å²) < 4.78 is 5.24. The highest BCUT2D eigenvalue weighted by Crippen LogP contribution is 2.21. The SMILES string of the molecule is CCC(=O)NC1CCN(C(=O)c2ccccc2OC)CC1. The van der Waals surface area contributed by atoms with Gasteiger partial charge in [0.15, 0.2) is 0 Å². The lowest BCUT2D eigenvalue weighted by Gasteiger charge is -2.32. The van der Waals surface area contributed by atoms with Crippen molar-refractivity contribution in [2.45, 2.75) is 32.2 Å². The second-order valence-electron chi connectivity index (χ2n) is 5.19. The van der Waals surface area contributed by atoms with Crippen LogP contribution >= 0.6 is 0 Å².